The molecule has 5 heteroatoms. The molecule has 14 heavy (non-hydrogen) atoms. The van der Waals surface area contributed by atoms with Gasteiger partial charge >= 0.3 is 13.1 Å². The summed E-state index contributed by atoms with van der Waals surface area (Å²) in [6, 6.07) is 4.73. The molecule has 4 nitrogen and oxygen atoms in total. The van der Waals surface area contributed by atoms with Crippen molar-refractivity contribution in [2.75, 3.05) is 6.61 Å². The van der Waals surface area contributed by atoms with Gasteiger partial charge in [0.05, 0.1) is 5.56 Å². The summed E-state index contributed by atoms with van der Waals surface area (Å²) < 4.78 is 5.00. The lowest BCUT2D eigenvalue weighted by atomic mass is 9.73. The van der Waals surface area contributed by atoms with E-state index >= 15 is 0 Å². The zero-order valence-corrected chi connectivity index (χ0v) is 7.43. The maximum Gasteiger partial charge on any atom is 0.491 e. The molecule has 0 aliphatic carbocycles. The van der Waals surface area contributed by atoms with Crippen molar-refractivity contribution in [3.63, 3.8) is 0 Å². The standard InChI is InChI=1S/C9H9BO4/c11-9(12)7-2-1-6-3-4-14-10(13)8(6)5-7/h1-2,5,13H,3-4H2,(H,11,12). The van der Waals surface area contributed by atoms with E-state index in [1.807, 2.05) is 0 Å². The maximum absolute atomic E-state index is 10.7. The molecule has 2 rings (SSSR count). The Morgan fingerprint density at radius 1 is 1.50 bits per heavy atom. The van der Waals surface area contributed by atoms with Gasteiger partial charge in [0, 0.05) is 6.61 Å². The lowest BCUT2D eigenvalue weighted by Gasteiger charge is -2.18. The van der Waals surface area contributed by atoms with Crippen LogP contribution in [-0.2, 0) is 11.1 Å². The van der Waals surface area contributed by atoms with Gasteiger partial charge in [0.2, 0.25) is 0 Å². The maximum atomic E-state index is 10.7. The van der Waals surface area contributed by atoms with Gasteiger partial charge in [-0.3, -0.25) is 0 Å². The molecular formula is C9H9BO4. The monoisotopic (exact) mass is 192 g/mol. The molecule has 1 heterocycles. The average molecular weight is 192 g/mol. The molecule has 0 aromatic heterocycles. The van der Waals surface area contributed by atoms with Gasteiger partial charge in [-0.1, -0.05) is 6.07 Å². The Hall–Kier alpha value is -1.33. The molecule has 0 unspecified atom stereocenters. The Balaban J connectivity index is 2.45. The minimum atomic E-state index is -0.995. The van der Waals surface area contributed by atoms with Crippen LogP contribution in [0.5, 0.6) is 0 Å². The van der Waals surface area contributed by atoms with E-state index in [0.717, 1.165) is 5.56 Å². The number of benzene rings is 1. The molecule has 1 aromatic carbocycles. The molecule has 0 atom stereocenters. The van der Waals surface area contributed by atoms with Crippen LogP contribution in [0.4, 0.5) is 0 Å². The van der Waals surface area contributed by atoms with E-state index in [0.29, 0.717) is 18.5 Å². The predicted octanol–water partition coefficient (Wildman–Crippen LogP) is -0.355. The van der Waals surface area contributed by atoms with Gasteiger partial charge in [0.15, 0.2) is 0 Å². The number of aromatic carboxylic acids is 1. The minimum Gasteiger partial charge on any atom is -0.478 e. The molecule has 0 fully saturated rings. The second kappa shape index (κ2) is 3.44. The van der Waals surface area contributed by atoms with Crippen LogP contribution < -0.4 is 5.46 Å². The topological polar surface area (TPSA) is 66.8 Å². The quantitative estimate of drug-likeness (QED) is 0.596. The molecular weight excluding hydrogens is 183 g/mol. The second-order valence-electron chi connectivity index (χ2n) is 3.19. The fraction of sp³-hybridized carbons (Fsp3) is 0.222. The molecule has 0 bridgehead atoms. The first-order valence-corrected chi connectivity index (χ1v) is 4.34. The highest BCUT2D eigenvalue weighted by molar-refractivity contribution is 6.61. The summed E-state index contributed by atoms with van der Waals surface area (Å²) in [5, 5.41) is 18.2. The number of rotatable bonds is 1. The van der Waals surface area contributed by atoms with Crippen LogP contribution in [0.15, 0.2) is 18.2 Å². The van der Waals surface area contributed by atoms with Crippen molar-refractivity contribution in [3.05, 3.63) is 29.3 Å². The van der Waals surface area contributed by atoms with Crippen LogP contribution in [0.2, 0.25) is 0 Å². The third kappa shape index (κ3) is 1.52. The third-order valence-corrected chi connectivity index (χ3v) is 2.31. The van der Waals surface area contributed by atoms with E-state index < -0.39 is 13.1 Å². The first kappa shape index (κ1) is 9.24. The van der Waals surface area contributed by atoms with Crippen LogP contribution in [0.25, 0.3) is 0 Å². The molecule has 72 valence electrons. The van der Waals surface area contributed by atoms with Gasteiger partial charge in [-0.15, -0.1) is 0 Å². The molecule has 1 aliphatic heterocycles. The van der Waals surface area contributed by atoms with Gasteiger partial charge in [0.1, 0.15) is 0 Å². The Bertz CT molecular complexity index is 377. The highest BCUT2D eigenvalue weighted by Crippen LogP contribution is 2.08. The van der Waals surface area contributed by atoms with Crippen molar-refractivity contribution in [3.8, 4) is 0 Å². The largest absolute Gasteiger partial charge is 0.491 e. The SMILES string of the molecule is O=C(O)c1ccc2c(c1)B(O)OCC2. The zero-order valence-electron chi connectivity index (χ0n) is 7.43. The van der Waals surface area contributed by atoms with Gasteiger partial charge in [-0.05, 0) is 29.6 Å². The highest BCUT2D eigenvalue weighted by Gasteiger charge is 2.25. The predicted molar refractivity (Wildman–Crippen MR) is 50.7 cm³/mol. The molecule has 0 radical (unpaired) electrons. The van der Waals surface area contributed by atoms with E-state index in [2.05, 4.69) is 0 Å². The average Bonchev–Trinajstić information content (AvgIpc) is 2.18. The lowest BCUT2D eigenvalue weighted by molar-refractivity contribution is 0.0697. The number of carboxylic acids is 1. The lowest BCUT2D eigenvalue weighted by Crippen LogP contribution is -2.41. The Morgan fingerprint density at radius 3 is 3.00 bits per heavy atom. The number of hydrogen-bond acceptors (Lipinski definition) is 3. The van der Waals surface area contributed by atoms with E-state index in [1.54, 1.807) is 12.1 Å². The molecule has 1 aliphatic rings. The molecule has 2 N–H and O–H groups in total. The van der Waals surface area contributed by atoms with Gasteiger partial charge < -0.3 is 14.8 Å². The van der Waals surface area contributed by atoms with E-state index in [1.165, 1.54) is 6.07 Å². The molecule has 0 saturated carbocycles. The smallest absolute Gasteiger partial charge is 0.478 e. The summed E-state index contributed by atoms with van der Waals surface area (Å²) in [5.41, 5.74) is 1.69. The van der Waals surface area contributed by atoms with Crippen molar-refractivity contribution < 1.29 is 19.6 Å². The van der Waals surface area contributed by atoms with E-state index in [-0.39, 0.29) is 5.56 Å². The summed E-state index contributed by atoms with van der Waals surface area (Å²) in [6.07, 6.45) is 0.715. The zero-order chi connectivity index (χ0) is 10.1. The minimum absolute atomic E-state index is 0.174. The van der Waals surface area contributed by atoms with Crippen molar-refractivity contribution in [2.45, 2.75) is 6.42 Å². The highest BCUT2D eigenvalue weighted by atomic mass is 16.5. The number of hydrogen-bond donors (Lipinski definition) is 2. The molecule has 0 amide bonds. The Kier molecular flexibility index (Phi) is 2.27. The van der Waals surface area contributed by atoms with Crippen molar-refractivity contribution in [1.82, 2.24) is 0 Å². The van der Waals surface area contributed by atoms with Crippen LogP contribution in [0, 0.1) is 0 Å². The first-order chi connectivity index (χ1) is 6.68. The summed E-state index contributed by atoms with van der Waals surface area (Å²) in [5.74, 6) is -0.995. The number of fused-ring (bicyclic) bond motifs is 1. The van der Waals surface area contributed by atoms with Crippen molar-refractivity contribution >= 4 is 18.6 Å². The van der Waals surface area contributed by atoms with Crippen LogP contribution in [0.1, 0.15) is 15.9 Å². The Morgan fingerprint density at radius 2 is 2.29 bits per heavy atom. The van der Waals surface area contributed by atoms with Crippen LogP contribution in [-0.4, -0.2) is 29.8 Å². The fourth-order valence-electron chi connectivity index (χ4n) is 1.56. The molecule has 0 spiro atoms. The summed E-state index contributed by atoms with van der Waals surface area (Å²) >= 11 is 0. The van der Waals surface area contributed by atoms with E-state index in [4.69, 9.17) is 9.76 Å². The summed E-state index contributed by atoms with van der Waals surface area (Å²) in [7, 11) is -0.988. The van der Waals surface area contributed by atoms with Crippen LogP contribution >= 0.6 is 0 Å². The summed E-state index contributed by atoms with van der Waals surface area (Å²) in [4.78, 5) is 10.7. The van der Waals surface area contributed by atoms with E-state index in [9.17, 15) is 9.82 Å². The normalized spacial score (nSPS) is 15.1. The van der Waals surface area contributed by atoms with Crippen molar-refractivity contribution in [1.29, 1.82) is 0 Å². The molecule has 1 aromatic rings. The summed E-state index contributed by atoms with van der Waals surface area (Å²) in [6.45, 7) is 0.473. The second-order valence-corrected chi connectivity index (χ2v) is 3.19. The van der Waals surface area contributed by atoms with Gasteiger partial charge in [-0.25, -0.2) is 4.79 Å². The Labute approximate surface area is 81.3 Å². The number of carbonyl (C=O) groups is 1. The van der Waals surface area contributed by atoms with Crippen molar-refractivity contribution in [2.24, 2.45) is 0 Å². The third-order valence-electron chi connectivity index (χ3n) is 2.31. The fourth-order valence-corrected chi connectivity index (χ4v) is 1.56. The number of carboxylic acid groups (broad SMARTS) is 1. The molecule has 0 saturated heterocycles. The van der Waals surface area contributed by atoms with Gasteiger partial charge in [0.25, 0.3) is 0 Å². The van der Waals surface area contributed by atoms with Crippen LogP contribution in [0.3, 0.4) is 0 Å². The first-order valence-electron chi connectivity index (χ1n) is 4.34. The van der Waals surface area contributed by atoms with Gasteiger partial charge in [-0.2, -0.15) is 0 Å².